The normalized spacial score (nSPS) is 18.6. The molecule has 1 unspecified atom stereocenters. The highest BCUT2D eigenvalue weighted by Crippen LogP contribution is 2.44. The number of anilines is 2. The molecule has 4 heterocycles. The molecule has 1 aromatic carbocycles. The summed E-state index contributed by atoms with van der Waals surface area (Å²) in [7, 11) is 2.00. The second kappa shape index (κ2) is 10.8. The topological polar surface area (TPSA) is 80.4 Å². The largest absolute Gasteiger partial charge is 0.462 e. The third-order valence-electron chi connectivity index (χ3n) is 7.27. The molecule has 1 saturated heterocycles. The number of ether oxygens (including phenoxy) is 1. The summed E-state index contributed by atoms with van der Waals surface area (Å²) >= 11 is 6.50. The number of pyridine rings is 1. The van der Waals surface area contributed by atoms with E-state index in [1.54, 1.807) is 0 Å². The molecule has 2 aliphatic heterocycles. The van der Waals surface area contributed by atoms with Gasteiger partial charge in [0.05, 0.1) is 21.8 Å². The molecule has 3 aromatic rings. The Labute approximate surface area is 228 Å². The lowest BCUT2D eigenvalue weighted by molar-refractivity contribution is -0.137. The minimum atomic E-state index is -4.82. The van der Waals surface area contributed by atoms with Gasteiger partial charge in [0, 0.05) is 24.5 Å². The predicted octanol–water partition coefficient (Wildman–Crippen LogP) is 6.02. The average Bonchev–Trinajstić information content (AvgIpc) is 3.08. The van der Waals surface area contributed by atoms with Gasteiger partial charge in [0.1, 0.15) is 23.8 Å². The number of rotatable bonds is 5. The van der Waals surface area contributed by atoms with Crippen molar-refractivity contribution in [2.45, 2.75) is 44.8 Å². The molecule has 208 valence electrons. The van der Waals surface area contributed by atoms with Crippen molar-refractivity contribution < 1.29 is 22.3 Å². The van der Waals surface area contributed by atoms with E-state index in [1.807, 2.05) is 11.9 Å². The zero-order valence-electron chi connectivity index (χ0n) is 21.7. The maximum atomic E-state index is 16.3. The van der Waals surface area contributed by atoms with E-state index in [-0.39, 0.29) is 39.4 Å². The van der Waals surface area contributed by atoms with E-state index in [2.05, 4.69) is 32.0 Å². The van der Waals surface area contributed by atoms with Crippen molar-refractivity contribution in [2.24, 2.45) is 0 Å². The number of nitrogens with two attached hydrogens (primary N) is 1. The second-order valence-corrected chi connectivity index (χ2v) is 10.4. The van der Waals surface area contributed by atoms with Crippen LogP contribution in [0.1, 0.15) is 36.8 Å². The summed E-state index contributed by atoms with van der Waals surface area (Å²) in [5.74, 6) is -0.810. The summed E-state index contributed by atoms with van der Waals surface area (Å²) in [5.41, 5.74) is 3.10. The number of aromatic nitrogens is 3. The molecular weight excluding hydrogens is 536 g/mol. The quantitative estimate of drug-likeness (QED) is 0.300. The molecule has 2 aromatic heterocycles. The van der Waals surface area contributed by atoms with Crippen LogP contribution >= 0.6 is 11.6 Å². The van der Waals surface area contributed by atoms with Gasteiger partial charge in [-0.25, -0.2) is 9.37 Å². The van der Waals surface area contributed by atoms with Crippen LogP contribution in [0.4, 0.5) is 29.2 Å². The molecule has 2 aliphatic rings. The number of likely N-dealkylation sites (N-methyl/N-ethyl adjacent to an activating group) is 1. The number of nitrogens with zero attached hydrogens (tertiary/aromatic N) is 5. The fourth-order valence-electron chi connectivity index (χ4n) is 5.30. The minimum Gasteiger partial charge on any atom is -0.462 e. The van der Waals surface area contributed by atoms with Crippen LogP contribution in [0.5, 0.6) is 6.01 Å². The van der Waals surface area contributed by atoms with Crippen LogP contribution in [0.15, 0.2) is 24.3 Å². The average molecular weight is 565 g/mol. The monoisotopic (exact) mass is 564 g/mol. The fourth-order valence-corrected chi connectivity index (χ4v) is 5.58. The van der Waals surface area contributed by atoms with Crippen molar-refractivity contribution in [1.82, 2.24) is 19.9 Å². The lowest BCUT2D eigenvalue weighted by Gasteiger charge is -2.25. The van der Waals surface area contributed by atoms with Crippen LogP contribution in [0.3, 0.4) is 0 Å². The molecule has 2 N–H and O–H groups in total. The molecule has 1 atom stereocenters. The number of halogens is 5. The van der Waals surface area contributed by atoms with E-state index in [4.69, 9.17) is 22.1 Å². The van der Waals surface area contributed by atoms with Gasteiger partial charge in [-0.05, 0) is 63.9 Å². The van der Waals surface area contributed by atoms with Crippen LogP contribution in [-0.4, -0.2) is 59.2 Å². The molecule has 12 heteroatoms. The maximum Gasteiger partial charge on any atom is 0.418 e. The van der Waals surface area contributed by atoms with E-state index in [0.29, 0.717) is 25.5 Å². The Hall–Kier alpha value is -3.18. The van der Waals surface area contributed by atoms with Gasteiger partial charge in [0.2, 0.25) is 0 Å². The molecular formula is C27H29ClF4N6O. The second-order valence-electron chi connectivity index (χ2n) is 9.98. The third-order valence-corrected chi connectivity index (χ3v) is 7.57. The number of hydrogen-bond acceptors (Lipinski definition) is 7. The zero-order chi connectivity index (χ0) is 27.9. The Morgan fingerprint density at radius 1 is 1.10 bits per heavy atom. The van der Waals surface area contributed by atoms with E-state index in [1.165, 1.54) is 13.0 Å². The van der Waals surface area contributed by atoms with Gasteiger partial charge in [-0.1, -0.05) is 23.8 Å². The number of benzene rings is 1. The Morgan fingerprint density at radius 3 is 2.46 bits per heavy atom. The van der Waals surface area contributed by atoms with Gasteiger partial charge >= 0.3 is 12.2 Å². The highest BCUT2D eigenvalue weighted by atomic mass is 35.5. The molecule has 0 spiro atoms. The summed E-state index contributed by atoms with van der Waals surface area (Å²) in [4.78, 5) is 17.0. The van der Waals surface area contributed by atoms with E-state index in [0.717, 1.165) is 38.3 Å². The number of fused-ring (bicyclic) bond motifs is 1. The minimum absolute atomic E-state index is 0.0464. The van der Waals surface area contributed by atoms with E-state index < -0.39 is 28.8 Å². The predicted molar refractivity (Wildman–Crippen MR) is 144 cm³/mol. The molecule has 0 saturated carbocycles. The molecule has 5 rings (SSSR count). The molecule has 0 radical (unpaired) electrons. The molecule has 7 nitrogen and oxygen atoms in total. The number of alkyl halides is 3. The number of likely N-dealkylation sites (tertiary alicyclic amines) is 1. The van der Waals surface area contributed by atoms with Crippen molar-refractivity contribution in [3.63, 3.8) is 0 Å². The first kappa shape index (κ1) is 27.4. The molecule has 0 aliphatic carbocycles. The van der Waals surface area contributed by atoms with Gasteiger partial charge in [-0.3, -0.25) is 0 Å². The number of aryl methyl sites for hydroxylation is 1. The number of nitrogen functional groups attached to an aromatic ring is 1. The lowest BCUT2D eigenvalue weighted by Crippen LogP contribution is -2.31. The highest BCUT2D eigenvalue weighted by Gasteiger charge is 2.38. The van der Waals surface area contributed by atoms with Crippen molar-refractivity contribution in [3.8, 4) is 17.3 Å². The summed E-state index contributed by atoms with van der Waals surface area (Å²) in [6, 6.07) is 2.61. The molecule has 0 amide bonds. The highest BCUT2D eigenvalue weighted by molar-refractivity contribution is 6.34. The summed E-state index contributed by atoms with van der Waals surface area (Å²) in [6.45, 7) is 3.73. The van der Waals surface area contributed by atoms with Crippen LogP contribution < -0.4 is 15.4 Å². The van der Waals surface area contributed by atoms with Crippen molar-refractivity contribution >= 4 is 34.1 Å². The van der Waals surface area contributed by atoms with Crippen LogP contribution in [0.25, 0.3) is 22.2 Å². The third kappa shape index (κ3) is 5.47. The first-order valence-corrected chi connectivity index (χ1v) is 13.2. The summed E-state index contributed by atoms with van der Waals surface area (Å²) < 4.78 is 64.6. The molecule has 39 heavy (non-hydrogen) atoms. The Kier molecular flexibility index (Phi) is 7.56. The van der Waals surface area contributed by atoms with Crippen LogP contribution in [0.2, 0.25) is 5.02 Å². The standard InChI is InChI=1S/C27H29ClF4N6O/c1-15-12-19(33)34-24(21(15)27(30,31)32)20-18(28)13-17-23(22(20)29)35-26(39-14-16-8-7-9-37(16)2)36-25(17)38-10-5-3-4-6-11-38/h3-4,12-13,16H,5-11,14H2,1-2H3,(H2,33,34). The van der Waals surface area contributed by atoms with Crippen molar-refractivity contribution in [3.05, 3.63) is 46.3 Å². The fraction of sp³-hybridized carbons (Fsp3) is 0.444. The van der Waals surface area contributed by atoms with E-state index in [9.17, 15) is 13.2 Å². The molecule has 0 bridgehead atoms. The SMILES string of the molecule is Cc1cc(N)nc(-c2c(Cl)cc3c(N4CCC=CCC4)nc(OCC4CCCN4C)nc3c2F)c1C(F)(F)F. The van der Waals surface area contributed by atoms with Gasteiger partial charge in [0.25, 0.3) is 0 Å². The van der Waals surface area contributed by atoms with Gasteiger partial charge in [0.15, 0.2) is 5.82 Å². The first-order valence-electron chi connectivity index (χ1n) is 12.8. The molecule has 1 fully saturated rings. The first-order chi connectivity index (χ1) is 18.5. The summed E-state index contributed by atoms with van der Waals surface area (Å²) in [5, 5.41) is 0.0321. The zero-order valence-corrected chi connectivity index (χ0v) is 22.4. The van der Waals surface area contributed by atoms with Gasteiger partial charge in [-0.2, -0.15) is 23.1 Å². The van der Waals surface area contributed by atoms with Crippen molar-refractivity contribution in [1.29, 1.82) is 0 Å². The Balaban J connectivity index is 1.70. The summed E-state index contributed by atoms with van der Waals surface area (Å²) in [6.07, 6.45) is 2.81. The Morgan fingerprint density at radius 2 is 1.82 bits per heavy atom. The number of hydrogen-bond donors (Lipinski definition) is 1. The lowest BCUT2D eigenvalue weighted by atomic mass is 9.99. The van der Waals surface area contributed by atoms with Crippen LogP contribution in [-0.2, 0) is 6.18 Å². The van der Waals surface area contributed by atoms with Crippen molar-refractivity contribution in [2.75, 3.05) is 43.9 Å². The Bertz CT molecular complexity index is 1420. The van der Waals surface area contributed by atoms with Gasteiger partial charge in [-0.15, -0.1) is 0 Å². The van der Waals surface area contributed by atoms with E-state index >= 15 is 4.39 Å². The smallest absolute Gasteiger partial charge is 0.418 e. The van der Waals surface area contributed by atoms with Crippen LogP contribution in [0, 0.1) is 12.7 Å². The maximum absolute atomic E-state index is 16.3. The van der Waals surface area contributed by atoms with Gasteiger partial charge < -0.3 is 20.3 Å².